The Balaban J connectivity index is 1.64. The van der Waals surface area contributed by atoms with Gasteiger partial charge in [-0.1, -0.05) is 19.1 Å². The van der Waals surface area contributed by atoms with Crippen LogP contribution in [0.2, 0.25) is 0 Å². The Morgan fingerprint density at radius 3 is 2.33 bits per heavy atom. The summed E-state index contributed by atoms with van der Waals surface area (Å²) < 4.78 is 47.5. The van der Waals surface area contributed by atoms with E-state index in [1.54, 1.807) is 12.0 Å². The number of carbonyl (C=O) groups excluding carboxylic acids is 1. The van der Waals surface area contributed by atoms with E-state index in [4.69, 9.17) is 10.5 Å². The summed E-state index contributed by atoms with van der Waals surface area (Å²) in [5.74, 6) is 0.247. The van der Waals surface area contributed by atoms with E-state index in [1.165, 1.54) is 12.1 Å². The zero-order chi connectivity index (χ0) is 28.2. The van der Waals surface area contributed by atoms with Crippen LogP contribution in [0.1, 0.15) is 34.2 Å². The maximum Gasteiger partial charge on any atom is 0.418 e. The molecule has 0 atom stereocenters. The van der Waals surface area contributed by atoms with Crippen molar-refractivity contribution in [1.82, 2.24) is 14.9 Å². The van der Waals surface area contributed by atoms with Gasteiger partial charge in [-0.05, 0) is 49.4 Å². The Morgan fingerprint density at radius 2 is 1.74 bits per heavy atom. The Kier molecular flexibility index (Phi) is 8.44. The fraction of sp³-hybridized carbons (Fsp3) is 0.370. The van der Waals surface area contributed by atoms with Crippen molar-refractivity contribution in [1.29, 1.82) is 0 Å². The van der Waals surface area contributed by atoms with Gasteiger partial charge in [0.15, 0.2) is 17.3 Å². The fourth-order valence-corrected chi connectivity index (χ4v) is 4.35. The minimum atomic E-state index is -4.58. The lowest BCUT2D eigenvalue weighted by atomic mass is 10.1. The average molecular weight is 544 g/mol. The van der Waals surface area contributed by atoms with Gasteiger partial charge in [0, 0.05) is 44.1 Å². The molecule has 12 heteroatoms. The van der Waals surface area contributed by atoms with Crippen molar-refractivity contribution in [3.8, 4) is 5.75 Å². The van der Waals surface area contributed by atoms with Gasteiger partial charge < -0.3 is 30.9 Å². The molecular formula is C27H32F3N7O2. The summed E-state index contributed by atoms with van der Waals surface area (Å²) in [6.45, 7) is 4.58. The van der Waals surface area contributed by atoms with Crippen molar-refractivity contribution < 1.29 is 22.7 Å². The number of hydrogen-bond donors (Lipinski definition) is 3. The highest BCUT2D eigenvalue weighted by molar-refractivity contribution is 5.96. The quantitative estimate of drug-likeness (QED) is 0.367. The molecule has 2 aromatic carbocycles. The zero-order valence-corrected chi connectivity index (χ0v) is 22.1. The average Bonchev–Trinajstić information content (AvgIpc) is 2.92. The van der Waals surface area contributed by atoms with Crippen LogP contribution in [-0.4, -0.2) is 61.1 Å². The molecule has 1 fully saturated rings. The lowest BCUT2D eigenvalue weighted by Crippen LogP contribution is -2.45. The molecular weight excluding hydrogens is 511 g/mol. The molecule has 0 bridgehead atoms. The molecule has 9 nitrogen and oxygen atoms in total. The van der Waals surface area contributed by atoms with Gasteiger partial charge in [0.1, 0.15) is 5.75 Å². The maximum absolute atomic E-state index is 14.1. The monoisotopic (exact) mass is 543 g/mol. The topological polar surface area (TPSA) is 109 Å². The SMILES string of the molecule is CCc1nc(C(N)=O)c(Nc2ccc(N3CCN(C)CC3)c(C(F)(F)F)c2)nc1NCc1ccc(OC)cc1. The third-order valence-corrected chi connectivity index (χ3v) is 6.56. The molecule has 1 aliphatic heterocycles. The summed E-state index contributed by atoms with van der Waals surface area (Å²) in [7, 11) is 3.53. The summed E-state index contributed by atoms with van der Waals surface area (Å²) in [5.41, 5.74) is 6.32. The molecule has 1 saturated heterocycles. The minimum Gasteiger partial charge on any atom is -0.497 e. The number of ether oxygens (including phenoxy) is 1. The first-order valence-corrected chi connectivity index (χ1v) is 12.6. The van der Waals surface area contributed by atoms with Gasteiger partial charge in [-0.3, -0.25) is 4.79 Å². The van der Waals surface area contributed by atoms with Crippen LogP contribution in [0.15, 0.2) is 42.5 Å². The number of nitrogens with zero attached hydrogens (tertiary/aromatic N) is 4. The van der Waals surface area contributed by atoms with Crippen LogP contribution in [0.4, 0.5) is 36.2 Å². The zero-order valence-electron chi connectivity index (χ0n) is 22.1. The van der Waals surface area contributed by atoms with Gasteiger partial charge in [-0.25, -0.2) is 9.97 Å². The number of primary amides is 1. The lowest BCUT2D eigenvalue weighted by molar-refractivity contribution is -0.137. The number of amides is 1. The van der Waals surface area contributed by atoms with Crippen LogP contribution in [0.25, 0.3) is 0 Å². The number of benzene rings is 2. The molecule has 1 aliphatic rings. The first-order valence-electron chi connectivity index (χ1n) is 12.6. The number of anilines is 4. The second-order valence-corrected chi connectivity index (χ2v) is 9.28. The van der Waals surface area contributed by atoms with E-state index in [-0.39, 0.29) is 22.9 Å². The Labute approximate surface area is 225 Å². The Hall–Kier alpha value is -4.06. The number of carbonyl (C=O) groups is 1. The maximum atomic E-state index is 14.1. The third kappa shape index (κ3) is 6.69. The van der Waals surface area contributed by atoms with Crippen LogP contribution >= 0.6 is 0 Å². The van der Waals surface area contributed by atoms with E-state index >= 15 is 0 Å². The molecule has 4 rings (SSSR count). The number of nitrogens with one attached hydrogen (secondary N) is 2. The third-order valence-electron chi connectivity index (χ3n) is 6.56. The highest BCUT2D eigenvalue weighted by atomic mass is 19.4. The largest absolute Gasteiger partial charge is 0.497 e. The molecule has 208 valence electrons. The number of halogens is 3. The molecule has 4 N–H and O–H groups in total. The first-order chi connectivity index (χ1) is 18.6. The molecule has 0 spiro atoms. The number of piperazine rings is 1. The molecule has 0 aliphatic carbocycles. The Morgan fingerprint density at radius 1 is 1.05 bits per heavy atom. The summed E-state index contributed by atoms with van der Waals surface area (Å²) in [4.78, 5) is 24.9. The number of aromatic nitrogens is 2. The van der Waals surface area contributed by atoms with Crippen molar-refractivity contribution >= 4 is 28.9 Å². The van der Waals surface area contributed by atoms with Gasteiger partial charge in [-0.15, -0.1) is 0 Å². The number of likely N-dealkylation sites (N-methyl/N-ethyl adjacent to an activating group) is 1. The van der Waals surface area contributed by atoms with E-state index in [2.05, 4.69) is 25.5 Å². The minimum absolute atomic E-state index is 0.0302. The molecule has 1 amide bonds. The van der Waals surface area contributed by atoms with Gasteiger partial charge in [0.05, 0.1) is 18.4 Å². The van der Waals surface area contributed by atoms with E-state index in [0.717, 1.165) is 17.4 Å². The molecule has 39 heavy (non-hydrogen) atoms. The summed E-state index contributed by atoms with van der Waals surface area (Å²) >= 11 is 0. The number of nitrogens with two attached hydrogens (primary N) is 1. The second-order valence-electron chi connectivity index (χ2n) is 9.28. The lowest BCUT2D eigenvalue weighted by Gasteiger charge is -2.35. The van der Waals surface area contributed by atoms with Crippen molar-refractivity contribution in [3.05, 3.63) is 65.0 Å². The number of rotatable bonds is 9. The highest BCUT2D eigenvalue weighted by Crippen LogP contribution is 2.39. The van der Waals surface area contributed by atoms with Gasteiger partial charge in [0.2, 0.25) is 0 Å². The smallest absolute Gasteiger partial charge is 0.418 e. The highest BCUT2D eigenvalue weighted by Gasteiger charge is 2.36. The van der Waals surface area contributed by atoms with E-state index in [9.17, 15) is 18.0 Å². The number of methoxy groups -OCH3 is 1. The summed E-state index contributed by atoms with van der Waals surface area (Å²) in [6.07, 6.45) is -4.12. The second kappa shape index (κ2) is 11.8. The molecule has 2 heterocycles. The van der Waals surface area contributed by atoms with Crippen LogP contribution < -0.4 is 26.0 Å². The van der Waals surface area contributed by atoms with Crippen molar-refractivity contribution in [3.63, 3.8) is 0 Å². The molecule has 0 unspecified atom stereocenters. The molecule has 0 saturated carbocycles. The number of hydrogen-bond acceptors (Lipinski definition) is 8. The predicted octanol–water partition coefficient (Wildman–Crippen LogP) is 4.27. The predicted molar refractivity (Wildman–Crippen MR) is 145 cm³/mol. The van der Waals surface area contributed by atoms with Crippen LogP contribution in [0.3, 0.4) is 0 Å². The van der Waals surface area contributed by atoms with Crippen molar-refractivity contribution in [2.75, 3.05) is 55.9 Å². The van der Waals surface area contributed by atoms with Crippen molar-refractivity contribution in [2.45, 2.75) is 26.1 Å². The van der Waals surface area contributed by atoms with Gasteiger partial charge >= 0.3 is 6.18 Å². The molecule has 1 aromatic heterocycles. The summed E-state index contributed by atoms with van der Waals surface area (Å²) in [6, 6.07) is 11.4. The van der Waals surface area contributed by atoms with Gasteiger partial charge in [0.25, 0.3) is 5.91 Å². The summed E-state index contributed by atoms with van der Waals surface area (Å²) in [5, 5.41) is 6.06. The molecule has 0 radical (unpaired) electrons. The van der Waals surface area contributed by atoms with E-state index in [0.29, 0.717) is 50.7 Å². The fourth-order valence-electron chi connectivity index (χ4n) is 4.35. The van der Waals surface area contributed by atoms with Crippen LogP contribution in [0, 0.1) is 0 Å². The van der Waals surface area contributed by atoms with Crippen molar-refractivity contribution in [2.24, 2.45) is 5.73 Å². The Bertz CT molecular complexity index is 1310. The first kappa shape index (κ1) is 28.0. The van der Waals surface area contributed by atoms with Crippen LogP contribution in [0.5, 0.6) is 5.75 Å². The normalized spacial score (nSPS) is 14.3. The van der Waals surface area contributed by atoms with E-state index < -0.39 is 17.6 Å². The standard InChI is InChI=1S/C27H32F3N7O2/c1-4-21-25(32-16-17-5-8-19(39-3)9-6-17)35-26(23(34-21)24(31)38)33-18-7-10-22(20(15-18)27(28,29)30)37-13-11-36(2)12-14-37/h5-10,15H,4,11-14,16H2,1-3H3,(H2,31,38)(H2,32,33,35). The van der Waals surface area contributed by atoms with Gasteiger partial charge in [-0.2, -0.15) is 13.2 Å². The number of alkyl halides is 3. The van der Waals surface area contributed by atoms with Crippen LogP contribution in [-0.2, 0) is 19.1 Å². The van der Waals surface area contributed by atoms with E-state index in [1.807, 2.05) is 38.2 Å². The number of aryl methyl sites for hydroxylation is 1. The molecule has 3 aromatic rings.